The molecule has 0 aliphatic rings. The maximum atomic E-state index is 5.38. The van der Waals surface area contributed by atoms with Gasteiger partial charge in [-0.2, -0.15) is 5.10 Å². The van der Waals surface area contributed by atoms with Crippen LogP contribution in [-0.4, -0.2) is 42.0 Å². The largest absolute Gasteiger partial charge is 0.481 e. The second kappa shape index (κ2) is 13.9. The van der Waals surface area contributed by atoms with Gasteiger partial charge in [-0.3, -0.25) is 9.67 Å². The molecular weight excluding hydrogens is 453 g/mol. The van der Waals surface area contributed by atoms with E-state index in [2.05, 4.69) is 45.7 Å². The first-order valence-electron chi connectivity index (χ1n) is 8.96. The number of benzene rings is 1. The topological polar surface area (TPSA) is 63.5 Å². The van der Waals surface area contributed by atoms with E-state index in [4.69, 9.17) is 11.2 Å². The van der Waals surface area contributed by atoms with Crippen LogP contribution >= 0.6 is 24.0 Å². The van der Waals surface area contributed by atoms with Crippen molar-refractivity contribution < 1.29 is 4.74 Å². The lowest BCUT2D eigenvalue weighted by Crippen LogP contribution is -2.38. The van der Waals surface area contributed by atoms with E-state index in [9.17, 15) is 0 Å². The monoisotopic (exact) mass is 481 g/mol. The average molecular weight is 481 g/mol. The van der Waals surface area contributed by atoms with E-state index in [-0.39, 0.29) is 24.0 Å². The SMILES string of the molecule is C#CCOc1ccc(CCNC(=NCCCn2cccn2)NCC)cc1.I. The Kier molecular flexibility index (Phi) is 11.8. The van der Waals surface area contributed by atoms with Crippen molar-refractivity contribution in [3.63, 3.8) is 0 Å². The highest BCUT2D eigenvalue weighted by Gasteiger charge is 1.99. The molecule has 6 nitrogen and oxygen atoms in total. The van der Waals surface area contributed by atoms with Gasteiger partial charge in [0.25, 0.3) is 0 Å². The summed E-state index contributed by atoms with van der Waals surface area (Å²) in [5, 5.41) is 10.8. The molecule has 1 heterocycles. The van der Waals surface area contributed by atoms with Crippen LogP contribution in [0, 0.1) is 12.3 Å². The van der Waals surface area contributed by atoms with Crippen LogP contribution in [0.3, 0.4) is 0 Å². The highest BCUT2D eigenvalue weighted by molar-refractivity contribution is 14.0. The molecule has 27 heavy (non-hydrogen) atoms. The van der Waals surface area contributed by atoms with Gasteiger partial charge in [-0.05, 0) is 43.5 Å². The van der Waals surface area contributed by atoms with Crippen molar-refractivity contribution in [2.75, 3.05) is 26.2 Å². The maximum absolute atomic E-state index is 5.38. The normalized spacial score (nSPS) is 10.6. The molecule has 0 amide bonds. The fourth-order valence-corrected chi connectivity index (χ4v) is 2.40. The van der Waals surface area contributed by atoms with Crippen molar-refractivity contribution in [3.05, 3.63) is 48.3 Å². The zero-order valence-electron chi connectivity index (χ0n) is 15.7. The number of terminal acetylenes is 1. The van der Waals surface area contributed by atoms with Gasteiger partial charge in [-0.25, -0.2) is 0 Å². The lowest BCUT2D eigenvalue weighted by atomic mass is 10.1. The summed E-state index contributed by atoms with van der Waals surface area (Å²) in [6.07, 6.45) is 10.8. The Morgan fingerprint density at radius 1 is 1.30 bits per heavy atom. The summed E-state index contributed by atoms with van der Waals surface area (Å²) in [5.41, 5.74) is 1.24. The van der Waals surface area contributed by atoms with Crippen LogP contribution in [0.5, 0.6) is 5.75 Å². The summed E-state index contributed by atoms with van der Waals surface area (Å²) in [4.78, 5) is 4.61. The van der Waals surface area contributed by atoms with E-state index >= 15 is 0 Å². The third-order valence-corrected chi connectivity index (χ3v) is 3.67. The first kappa shape index (κ1) is 22.8. The molecule has 0 fully saturated rings. The smallest absolute Gasteiger partial charge is 0.191 e. The van der Waals surface area contributed by atoms with Gasteiger partial charge in [0.1, 0.15) is 12.4 Å². The lowest BCUT2D eigenvalue weighted by Gasteiger charge is -2.11. The number of hydrogen-bond acceptors (Lipinski definition) is 3. The number of nitrogens with zero attached hydrogens (tertiary/aromatic N) is 3. The molecule has 146 valence electrons. The Morgan fingerprint density at radius 3 is 2.78 bits per heavy atom. The van der Waals surface area contributed by atoms with Crippen molar-refractivity contribution in [3.8, 4) is 18.1 Å². The molecule has 0 spiro atoms. The lowest BCUT2D eigenvalue weighted by molar-refractivity contribution is 0.370. The molecule has 2 rings (SSSR count). The summed E-state index contributed by atoms with van der Waals surface area (Å²) in [5.74, 6) is 4.11. The standard InChI is InChI=1S/C20H27N5O.HI/c1-3-17-26-19-9-7-18(8-10-19)11-14-23-20(21-4-2)22-12-5-15-25-16-6-13-24-25;/h1,6-10,13,16H,4-5,11-12,14-15,17H2,2H3,(H2,21,22,23);1H. The number of ether oxygens (including phenoxy) is 1. The van der Waals surface area contributed by atoms with Crippen molar-refractivity contribution in [2.24, 2.45) is 4.99 Å². The predicted molar refractivity (Wildman–Crippen MR) is 121 cm³/mol. The van der Waals surface area contributed by atoms with Crippen LogP contribution in [0.1, 0.15) is 18.9 Å². The van der Waals surface area contributed by atoms with Crippen LogP contribution in [0.2, 0.25) is 0 Å². The number of aryl methyl sites for hydroxylation is 1. The fraction of sp³-hybridized carbons (Fsp3) is 0.400. The second-order valence-electron chi connectivity index (χ2n) is 5.70. The van der Waals surface area contributed by atoms with Crippen molar-refractivity contribution >= 4 is 29.9 Å². The van der Waals surface area contributed by atoms with E-state index in [1.54, 1.807) is 6.20 Å². The number of guanidine groups is 1. The predicted octanol–water partition coefficient (Wildman–Crippen LogP) is 2.70. The Morgan fingerprint density at radius 2 is 2.11 bits per heavy atom. The maximum Gasteiger partial charge on any atom is 0.191 e. The molecule has 1 aromatic carbocycles. The van der Waals surface area contributed by atoms with Crippen molar-refractivity contribution in [1.29, 1.82) is 0 Å². The number of hydrogen-bond donors (Lipinski definition) is 2. The Balaban J connectivity index is 0.00000364. The molecule has 2 aromatic rings. The first-order valence-corrected chi connectivity index (χ1v) is 8.96. The summed E-state index contributed by atoms with van der Waals surface area (Å²) in [6.45, 7) is 5.65. The van der Waals surface area contributed by atoms with Gasteiger partial charge < -0.3 is 15.4 Å². The molecule has 2 N–H and O–H groups in total. The minimum Gasteiger partial charge on any atom is -0.481 e. The third kappa shape index (κ3) is 9.33. The number of rotatable bonds is 10. The molecule has 0 saturated heterocycles. The van der Waals surface area contributed by atoms with Gasteiger partial charge >= 0.3 is 0 Å². The molecule has 0 bridgehead atoms. The number of aromatic nitrogens is 2. The van der Waals surface area contributed by atoms with E-state index in [1.165, 1.54) is 5.56 Å². The Hall–Kier alpha value is -2.21. The Bertz CT molecular complexity index is 692. The van der Waals surface area contributed by atoms with Gasteiger partial charge in [0, 0.05) is 38.6 Å². The molecule has 0 saturated carbocycles. The van der Waals surface area contributed by atoms with Gasteiger partial charge in [0.15, 0.2) is 5.96 Å². The van der Waals surface area contributed by atoms with Crippen LogP contribution in [0.4, 0.5) is 0 Å². The second-order valence-corrected chi connectivity index (χ2v) is 5.70. The van der Waals surface area contributed by atoms with Crippen LogP contribution in [0.25, 0.3) is 0 Å². The highest BCUT2D eigenvalue weighted by atomic mass is 127. The van der Waals surface area contributed by atoms with Crippen LogP contribution < -0.4 is 15.4 Å². The zero-order chi connectivity index (χ0) is 18.5. The van der Waals surface area contributed by atoms with Crippen LogP contribution in [0.15, 0.2) is 47.7 Å². The number of nitrogens with one attached hydrogen (secondary N) is 2. The number of aliphatic imine (C=N–C) groups is 1. The summed E-state index contributed by atoms with van der Waals surface area (Å²) in [6, 6.07) is 9.94. The van der Waals surface area contributed by atoms with Gasteiger partial charge in [-0.15, -0.1) is 30.4 Å². The van der Waals surface area contributed by atoms with E-state index < -0.39 is 0 Å². The van der Waals surface area contributed by atoms with Gasteiger partial charge in [0.2, 0.25) is 0 Å². The molecular formula is C20H28IN5O. The summed E-state index contributed by atoms with van der Waals surface area (Å²) in [7, 11) is 0. The average Bonchev–Trinajstić information content (AvgIpc) is 3.18. The van der Waals surface area contributed by atoms with E-state index in [0.29, 0.717) is 6.61 Å². The van der Waals surface area contributed by atoms with Crippen molar-refractivity contribution in [1.82, 2.24) is 20.4 Å². The molecule has 7 heteroatoms. The van der Waals surface area contributed by atoms with Gasteiger partial charge in [-0.1, -0.05) is 18.1 Å². The summed E-state index contributed by atoms with van der Waals surface area (Å²) < 4.78 is 7.30. The first-order chi connectivity index (χ1) is 12.8. The zero-order valence-corrected chi connectivity index (χ0v) is 18.1. The van der Waals surface area contributed by atoms with Crippen LogP contribution in [-0.2, 0) is 13.0 Å². The number of halogens is 1. The third-order valence-electron chi connectivity index (χ3n) is 3.67. The minimum absolute atomic E-state index is 0. The quantitative estimate of drug-likeness (QED) is 0.180. The molecule has 0 aliphatic heterocycles. The molecule has 0 aliphatic carbocycles. The molecule has 1 aromatic heterocycles. The van der Waals surface area contributed by atoms with E-state index in [1.807, 2.05) is 29.1 Å². The Labute approximate surface area is 178 Å². The summed E-state index contributed by atoms with van der Waals surface area (Å²) >= 11 is 0. The molecule has 0 radical (unpaired) electrons. The highest BCUT2D eigenvalue weighted by Crippen LogP contribution is 2.12. The van der Waals surface area contributed by atoms with Gasteiger partial charge in [0.05, 0.1) is 0 Å². The van der Waals surface area contributed by atoms with E-state index in [0.717, 1.165) is 50.7 Å². The minimum atomic E-state index is 0. The fourth-order valence-electron chi connectivity index (χ4n) is 2.40. The molecule has 0 atom stereocenters. The van der Waals surface area contributed by atoms with Crippen molar-refractivity contribution in [2.45, 2.75) is 26.3 Å². The molecule has 0 unspecified atom stereocenters.